The van der Waals surface area contributed by atoms with Gasteiger partial charge >= 0.3 is 0 Å². The van der Waals surface area contributed by atoms with Gasteiger partial charge in [-0.3, -0.25) is 15.1 Å². The molecule has 0 bridgehead atoms. The van der Waals surface area contributed by atoms with Crippen LogP contribution in [0.4, 0.5) is 15.8 Å². The number of imidazole rings is 1. The van der Waals surface area contributed by atoms with Gasteiger partial charge in [-0.25, -0.2) is 9.37 Å². The smallest absolute Gasteiger partial charge is 0.161 e. The van der Waals surface area contributed by atoms with E-state index in [1.807, 2.05) is 18.2 Å². The van der Waals surface area contributed by atoms with Crippen molar-refractivity contribution < 1.29 is 4.39 Å². The van der Waals surface area contributed by atoms with Crippen LogP contribution in [0.15, 0.2) is 55.1 Å². The third kappa shape index (κ3) is 4.31. The second-order valence-electron chi connectivity index (χ2n) is 10.7. The maximum absolute atomic E-state index is 16.2. The van der Waals surface area contributed by atoms with Crippen molar-refractivity contribution in [2.45, 2.75) is 44.9 Å². The average molecular weight is 523 g/mol. The number of pyridine rings is 2. The van der Waals surface area contributed by atoms with E-state index in [1.165, 1.54) is 32.1 Å². The lowest BCUT2D eigenvalue weighted by atomic mass is 10.0. The number of aromatic amines is 2. The number of nitrogens with zero attached hydrogens (tertiary/aromatic N) is 5. The number of allylic oxidation sites excluding steroid dienone is 1. The van der Waals surface area contributed by atoms with Gasteiger partial charge in [0.2, 0.25) is 0 Å². The van der Waals surface area contributed by atoms with E-state index in [-0.39, 0.29) is 5.69 Å². The summed E-state index contributed by atoms with van der Waals surface area (Å²) in [7, 11) is 0. The van der Waals surface area contributed by atoms with Crippen LogP contribution < -0.4 is 10.2 Å². The number of benzene rings is 1. The highest BCUT2D eigenvalue weighted by Crippen LogP contribution is 2.36. The lowest BCUT2D eigenvalue weighted by Gasteiger charge is -2.28. The molecule has 1 saturated heterocycles. The van der Waals surface area contributed by atoms with E-state index in [0.717, 1.165) is 54.0 Å². The second kappa shape index (κ2) is 9.80. The third-order valence-corrected chi connectivity index (χ3v) is 8.12. The van der Waals surface area contributed by atoms with Gasteiger partial charge in [-0.1, -0.05) is 25.5 Å². The van der Waals surface area contributed by atoms with Crippen LogP contribution in [0, 0.1) is 11.7 Å². The Morgan fingerprint density at radius 1 is 1.00 bits per heavy atom. The molecule has 1 aliphatic heterocycles. The molecule has 1 aromatic carbocycles. The first-order valence-electron chi connectivity index (χ1n) is 13.8. The Morgan fingerprint density at radius 2 is 1.85 bits per heavy atom. The monoisotopic (exact) mass is 522 g/mol. The van der Waals surface area contributed by atoms with E-state index in [2.05, 4.69) is 48.0 Å². The first kappa shape index (κ1) is 23.8. The number of aromatic nitrogens is 6. The van der Waals surface area contributed by atoms with Gasteiger partial charge in [0, 0.05) is 30.5 Å². The van der Waals surface area contributed by atoms with Crippen LogP contribution >= 0.6 is 0 Å². The van der Waals surface area contributed by atoms with Crippen molar-refractivity contribution in [1.82, 2.24) is 30.1 Å². The van der Waals surface area contributed by atoms with Crippen molar-refractivity contribution in [3.63, 3.8) is 0 Å². The fourth-order valence-electron chi connectivity index (χ4n) is 6.07. The maximum atomic E-state index is 16.2. The number of anilines is 2. The van der Waals surface area contributed by atoms with Crippen LogP contribution in [-0.2, 0) is 0 Å². The van der Waals surface area contributed by atoms with Gasteiger partial charge in [0.1, 0.15) is 16.9 Å². The van der Waals surface area contributed by atoms with Gasteiger partial charge in [-0.2, -0.15) is 5.10 Å². The van der Waals surface area contributed by atoms with E-state index < -0.39 is 5.82 Å². The van der Waals surface area contributed by atoms with E-state index in [0.29, 0.717) is 33.9 Å². The van der Waals surface area contributed by atoms with Gasteiger partial charge in [-0.05, 0) is 56.2 Å². The zero-order valence-electron chi connectivity index (χ0n) is 21.8. The van der Waals surface area contributed by atoms with Crippen LogP contribution in [0.2, 0.25) is 0 Å². The van der Waals surface area contributed by atoms with Gasteiger partial charge in [-0.15, -0.1) is 0 Å². The first-order chi connectivity index (χ1) is 19.2. The fourth-order valence-corrected chi connectivity index (χ4v) is 6.07. The molecule has 5 aromatic rings. The van der Waals surface area contributed by atoms with Crippen LogP contribution in [0.5, 0.6) is 0 Å². The third-order valence-electron chi connectivity index (χ3n) is 8.12. The number of hydrogen-bond acceptors (Lipinski definition) is 6. The minimum absolute atomic E-state index is 0.220. The highest BCUT2D eigenvalue weighted by atomic mass is 19.1. The number of fused-ring (bicyclic) bond motifs is 2. The summed E-state index contributed by atoms with van der Waals surface area (Å²) in [6.45, 7) is 6.27. The molecule has 8 nitrogen and oxygen atoms in total. The zero-order valence-corrected chi connectivity index (χ0v) is 21.8. The Labute approximate surface area is 225 Å². The molecule has 7 rings (SSSR count). The molecule has 9 heteroatoms. The Kier molecular flexibility index (Phi) is 5.98. The largest absolute Gasteiger partial charge is 0.370 e. The van der Waals surface area contributed by atoms with Crippen molar-refractivity contribution in [1.29, 1.82) is 0 Å². The van der Waals surface area contributed by atoms with E-state index in [4.69, 9.17) is 4.98 Å². The molecule has 2 aliphatic rings. The van der Waals surface area contributed by atoms with Gasteiger partial charge in [0.15, 0.2) is 11.6 Å². The molecule has 1 saturated carbocycles. The molecule has 2 fully saturated rings. The van der Waals surface area contributed by atoms with Crippen LogP contribution in [0.3, 0.4) is 0 Å². The number of rotatable bonds is 6. The summed E-state index contributed by atoms with van der Waals surface area (Å²) in [5.41, 5.74) is 6.41. The van der Waals surface area contributed by atoms with Crippen molar-refractivity contribution in [2.24, 2.45) is 5.92 Å². The Morgan fingerprint density at radius 3 is 2.69 bits per heavy atom. The van der Waals surface area contributed by atoms with Gasteiger partial charge < -0.3 is 15.2 Å². The van der Waals surface area contributed by atoms with E-state index in [9.17, 15) is 0 Å². The Hall–Kier alpha value is -4.27. The van der Waals surface area contributed by atoms with Crippen LogP contribution in [0.25, 0.3) is 44.7 Å². The zero-order chi connectivity index (χ0) is 26.3. The summed E-state index contributed by atoms with van der Waals surface area (Å²) in [5.74, 6) is 0.535. The van der Waals surface area contributed by atoms with E-state index >= 15 is 4.39 Å². The predicted octanol–water partition coefficient (Wildman–Crippen LogP) is 6.81. The van der Waals surface area contributed by atoms with Crippen molar-refractivity contribution >= 4 is 33.3 Å². The average Bonchev–Trinajstić information content (AvgIpc) is 3.73. The Balaban J connectivity index is 1.25. The highest BCUT2D eigenvalue weighted by molar-refractivity contribution is 5.97. The summed E-state index contributed by atoms with van der Waals surface area (Å²) >= 11 is 0. The molecule has 0 spiro atoms. The molecule has 5 heterocycles. The molecule has 3 N–H and O–H groups in total. The summed E-state index contributed by atoms with van der Waals surface area (Å²) in [5, 5.41) is 11.1. The SMILES string of the molecule is C=C(Nc1cncc(-c2ncc3[nH]nc(-c4nc5c(N6CCCCC6)cccc5[nH]4)c3c2F)c1)C1CCCC1. The maximum Gasteiger partial charge on any atom is 0.161 e. The molecule has 0 radical (unpaired) electrons. The molecule has 4 aromatic heterocycles. The van der Waals surface area contributed by atoms with Crippen LogP contribution in [-0.4, -0.2) is 43.2 Å². The van der Waals surface area contributed by atoms with Crippen molar-refractivity contribution in [2.75, 3.05) is 23.3 Å². The molecule has 0 unspecified atom stereocenters. The molecular weight excluding hydrogens is 491 g/mol. The lowest BCUT2D eigenvalue weighted by molar-refractivity contribution is 0.579. The summed E-state index contributed by atoms with van der Waals surface area (Å²) in [6.07, 6.45) is 13.4. The number of halogens is 1. The standard InChI is InChI=1S/C30H31FN8/c1-18(19-8-3-4-9-19)34-21-14-20(15-32-16-21)27-26(31)25-23(17-33-27)37-38-29(25)30-35-22-10-7-11-24(28(22)36-30)39-12-5-2-6-13-39/h7,10-11,14-17,19,34H,1-6,8-9,12-13H2,(H,35,36)(H,37,38). The predicted molar refractivity (Wildman–Crippen MR) is 153 cm³/mol. The molecule has 0 atom stereocenters. The molecular formula is C30H31FN8. The van der Waals surface area contributed by atoms with E-state index in [1.54, 1.807) is 18.6 Å². The van der Waals surface area contributed by atoms with Crippen LogP contribution in [0.1, 0.15) is 44.9 Å². The number of para-hydroxylation sites is 1. The van der Waals surface area contributed by atoms with Gasteiger partial charge in [0.25, 0.3) is 0 Å². The fraction of sp³-hybridized carbons (Fsp3) is 0.333. The number of hydrogen-bond donors (Lipinski definition) is 3. The topological polar surface area (TPSA) is 98.4 Å². The van der Waals surface area contributed by atoms with Crippen molar-refractivity contribution in [3.8, 4) is 22.8 Å². The number of nitrogens with one attached hydrogen (secondary N) is 3. The van der Waals surface area contributed by atoms with Crippen molar-refractivity contribution in [3.05, 3.63) is 60.9 Å². The molecule has 39 heavy (non-hydrogen) atoms. The summed E-state index contributed by atoms with van der Waals surface area (Å²) in [4.78, 5) is 19.5. The number of H-pyrrole nitrogens is 2. The molecule has 0 amide bonds. The highest BCUT2D eigenvalue weighted by Gasteiger charge is 2.23. The molecule has 198 valence electrons. The minimum Gasteiger partial charge on any atom is -0.370 e. The number of piperidine rings is 1. The molecule has 1 aliphatic carbocycles. The van der Waals surface area contributed by atoms with Gasteiger partial charge in [0.05, 0.1) is 40.2 Å². The minimum atomic E-state index is -0.457. The summed E-state index contributed by atoms with van der Waals surface area (Å²) in [6, 6.07) is 8.02. The lowest BCUT2D eigenvalue weighted by Crippen LogP contribution is -2.29. The normalized spacial score (nSPS) is 16.4. The first-order valence-corrected chi connectivity index (χ1v) is 13.8. The summed E-state index contributed by atoms with van der Waals surface area (Å²) < 4.78 is 16.2. The Bertz CT molecular complexity index is 1670. The quantitative estimate of drug-likeness (QED) is 0.227. The second-order valence-corrected chi connectivity index (χ2v) is 10.7.